The number of nitrogens with two attached hydrogens (primary N) is 1. The van der Waals surface area contributed by atoms with Crippen molar-refractivity contribution in [2.24, 2.45) is 5.73 Å². The van der Waals surface area contributed by atoms with Gasteiger partial charge in [-0.1, -0.05) is 17.4 Å². The lowest BCUT2D eigenvalue weighted by Gasteiger charge is -2.27. The standard InChI is InChI=1S/C17H20BrF3N4O2S/c1-16(2,3)27-15(26)25(14-24-8-13(18)28-14)9-11(22)6-10-4-5-12(23-7-10)17(19,20)21/h4-5,7-8,11H,6,9,22H2,1-3H3/t11-/m0/s1. The number of pyridine rings is 1. The number of rotatable bonds is 5. The highest BCUT2D eigenvalue weighted by Crippen LogP contribution is 2.29. The minimum Gasteiger partial charge on any atom is -0.443 e. The SMILES string of the molecule is CC(C)(C)OC(=O)N(C[C@@H](N)Cc1ccc(C(F)(F)F)nc1)c1ncc(Br)s1. The average Bonchev–Trinajstić information content (AvgIpc) is 2.96. The molecule has 0 aliphatic rings. The van der Waals surface area contributed by atoms with E-state index in [1.54, 1.807) is 27.0 Å². The molecule has 2 aromatic rings. The molecule has 1 amide bonds. The Bertz CT molecular complexity index is 806. The summed E-state index contributed by atoms with van der Waals surface area (Å²) in [6.45, 7) is 5.31. The summed E-state index contributed by atoms with van der Waals surface area (Å²) in [6, 6.07) is 1.67. The highest BCUT2D eigenvalue weighted by atomic mass is 79.9. The van der Waals surface area contributed by atoms with E-state index in [9.17, 15) is 18.0 Å². The second-order valence-corrected chi connectivity index (χ2v) is 9.44. The lowest BCUT2D eigenvalue weighted by molar-refractivity contribution is -0.141. The van der Waals surface area contributed by atoms with Crippen LogP contribution in [0.3, 0.4) is 0 Å². The number of alkyl halides is 3. The molecule has 0 saturated carbocycles. The van der Waals surface area contributed by atoms with Crippen LogP contribution in [0, 0.1) is 0 Å². The van der Waals surface area contributed by atoms with E-state index in [1.807, 2.05) is 0 Å². The fourth-order valence-electron chi connectivity index (χ4n) is 2.23. The molecule has 154 valence electrons. The Labute approximate surface area is 173 Å². The first-order valence-corrected chi connectivity index (χ1v) is 9.85. The van der Waals surface area contributed by atoms with Crippen LogP contribution in [0.1, 0.15) is 32.0 Å². The minimum absolute atomic E-state index is 0.0793. The first kappa shape index (κ1) is 22.6. The summed E-state index contributed by atoms with van der Waals surface area (Å²) in [7, 11) is 0. The van der Waals surface area contributed by atoms with Crippen molar-refractivity contribution in [2.45, 2.75) is 45.0 Å². The summed E-state index contributed by atoms with van der Waals surface area (Å²) >= 11 is 4.54. The van der Waals surface area contributed by atoms with Gasteiger partial charge < -0.3 is 10.5 Å². The van der Waals surface area contributed by atoms with Gasteiger partial charge in [-0.25, -0.2) is 9.78 Å². The Morgan fingerprint density at radius 2 is 1.96 bits per heavy atom. The third-order valence-corrected chi connectivity index (χ3v) is 4.84. The maximum atomic E-state index is 12.6. The van der Waals surface area contributed by atoms with E-state index in [0.717, 1.165) is 16.0 Å². The minimum atomic E-state index is -4.49. The quantitative estimate of drug-likeness (QED) is 0.674. The molecule has 0 unspecified atom stereocenters. The summed E-state index contributed by atoms with van der Waals surface area (Å²) < 4.78 is 44.0. The Balaban J connectivity index is 2.11. The Morgan fingerprint density at radius 1 is 1.29 bits per heavy atom. The van der Waals surface area contributed by atoms with Crippen LogP contribution in [-0.4, -0.2) is 34.2 Å². The molecule has 0 bridgehead atoms. The summed E-state index contributed by atoms with van der Waals surface area (Å²) in [6.07, 6.45) is -2.16. The van der Waals surface area contributed by atoms with Crippen molar-refractivity contribution in [3.63, 3.8) is 0 Å². The smallest absolute Gasteiger partial charge is 0.433 e. The number of hydrogen-bond acceptors (Lipinski definition) is 6. The van der Waals surface area contributed by atoms with Gasteiger partial charge in [-0.2, -0.15) is 13.2 Å². The highest BCUT2D eigenvalue weighted by Gasteiger charge is 2.32. The predicted molar refractivity (Wildman–Crippen MR) is 104 cm³/mol. The molecule has 0 aliphatic carbocycles. The molecule has 11 heteroatoms. The van der Waals surface area contributed by atoms with Crippen LogP contribution in [0.4, 0.5) is 23.1 Å². The van der Waals surface area contributed by atoms with E-state index >= 15 is 0 Å². The summed E-state index contributed by atoms with van der Waals surface area (Å²) in [5, 5.41) is 0.405. The van der Waals surface area contributed by atoms with E-state index in [4.69, 9.17) is 10.5 Å². The number of carbonyl (C=O) groups excluding carboxylic acids is 1. The molecule has 0 spiro atoms. The van der Waals surface area contributed by atoms with Crippen molar-refractivity contribution in [3.05, 3.63) is 39.6 Å². The van der Waals surface area contributed by atoms with E-state index in [2.05, 4.69) is 25.9 Å². The predicted octanol–water partition coefficient (Wildman–Crippen LogP) is 4.63. The van der Waals surface area contributed by atoms with Crippen molar-refractivity contribution in [1.82, 2.24) is 9.97 Å². The number of halogens is 4. The molecular weight excluding hydrogens is 461 g/mol. The molecule has 0 aromatic carbocycles. The fourth-order valence-corrected chi connectivity index (χ4v) is 3.41. The average molecular weight is 481 g/mol. The molecule has 28 heavy (non-hydrogen) atoms. The van der Waals surface area contributed by atoms with E-state index in [1.165, 1.54) is 22.3 Å². The summed E-state index contributed by atoms with van der Waals surface area (Å²) in [5.74, 6) is 0. The molecule has 2 heterocycles. The number of ether oxygens (including phenoxy) is 1. The third kappa shape index (κ3) is 6.71. The van der Waals surface area contributed by atoms with Crippen molar-refractivity contribution >= 4 is 38.5 Å². The van der Waals surface area contributed by atoms with Gasteiger partial charge in [0, 0.05) is 18.8 Å². The topological polar surface area (TPSA) is 81.3 Å². The van der Waals surface area contributed by atoms with Crippen molar-refractivity contribution in [3.8, 4) is 0 Å². The normalized spacial score (nSPS) is 13.3. The number of hydrogen-bond donors (Lipinski definition) is 1. The van der Waals surface area contributed by atoms with Crippen molar-refractivity contribution in [2.75, 3.05) is 11.4 Å². The van der Waals surface area contributed by atoms with Crippen LogP contribution in [0.5, 0.6) is 0 Å². The zero-order valence-corrected chi connectivity index (χ0v) is 17.9. The Hall–Kier alpha value is -1.72. The molecule has 6 nitrogen and oxygen atoms in total. The third-order valence-electron chi connectivity index (χ3n) is 3.34. The number of amides is 1. The van der Waals surface area contributed by atoms with E-state index in [-0.39, 0.29) is 13.0 Å². The molecule has 0 saturated heterocycles. The largest absolute Gasteiger partial charge is 0.443 e. The number of carbonyl (C=O) groups is 1. The molecule has 2 rings (SSSR count). The highest BCUT2D eigenvalue weighted by molar-refractivity contribution is 9.11. The first-order chi connectivity index (χ1) is 12.8. The molecule has 0 aliphatic heterocycles. The van der Waals surface area contributed by atoms with E-state index < -0.39 is 29.6 Å². The van der Waals surface area contributed by atoms with Gasteiger partial charge in [0.25, 0.3) is 0 Å². The Kier molecular flexibility index (Phi) is 7.05. The number of anilines is 1. The van der Waals surface area contributed by atoms with Crippen LogP contribution < -0.4 is 10.6 Å². The van der Waals surface area contributed by atoms with Gasteiger partial charge in [0.1, 0.15) is 11.3 Å². The van der Waals surface area contributed by atoms with E-state index in [0.29, 0.717) is 10.7 Å². The lowest BCUT2D eigenvalue weighted by atomic mass is 10.1. The van der Waals surface area contributed by atoms with Gasteiger partial charge in [-0.15, -0.1) is 0 Å². The van der Waals surface area contributed by atoms with Gasteiger partial charge in [0.2, 0.25) is 0 Å². The van der Waals surface area contributed by atoms with Gasteiger partial charge in [-0.05, 0) is 54.8 Å². The van der Waals surface area contributed by atoms with Gasteiger partial charge in [-0.3, -0.25) is 9.88 Å². The first-order valence-electron chi connectivity index (χ1n) is 8.25. The van der Waals surface area contributed by atoms with Gasteiger partial charge in [0.15, 0.2) is 5.13 Å². The molecule has 2 N–H and O–H groups in total. The van der Waals surface area contributed by atoms with Crippen molar-refractivity contribution < 1.29 is 22.7 Å². The Morgan fingerprint density at radius 3 is 2.43 bits per heavy atom. The molecule has 1 atom stereocenters. The monoisotopic (exact) mass is 480 g/mol. The van der Waals surface area contributed by atoms with Crippen LogP contribution in [0.25, 0.3) is 0 Å². The van der Waals surface area contributed by atoms with Crippen LogP contribution in [0.15, 0.2) is 28.3 Å². The molecule has 0 radical (unpaired) electrons. The van der Waals surface area contributed by atoms with Crippen LogP contribution in [0.2, 0.25) is 0 Å². The van der Waals surface area contributed by atoms with Crippen LogP contribution >= 0.6 is 27.3 Å². The van der Waals surface area contributed by atoms with Crippen LogP contribution in [-0.2, 0) is 17.3 Å². The zero-order chi connectivity index (χ0) is 21.1. The van der Waals surface area contributed by atoms with Gasteiger partial charge >= 0.3 is 12.3 Å². The lowest BCUT2D eigenvalue weighted by Crippen LogP contribution is -2.44. The number of nitrogens with zero attached hydrogens (tertiary/aromatic N) is 3. The summed E-state index contributed by atoms with van der Waals surface area (Å²) in [4.78, 5) is 21.5. The molecule has 2 aromatic heterocycles. The maximum absolute atomic E-state index is 12.6. The second kappa shape index (κ2) is 8.75. The van der Waals surface area contributed by atoms with Gasteiger partial charge in [0.05, 0.1) is 9.98 Å². The molecular formula is C17H20BrF3N4O2S. The zero-order valence-electron chi connectivity index (χ0n) is 15.5. The molecule has 0 fully saturated rings. The maximum Gasteiger partial charge on any atom is 0.433 e. The second-order valence-electron chi connectivity index (χ2n) is 7.05. The number of aromatic nitrogens is 2. The van der Waals surface area contributed by atoms with Crippen molar-refractivity contribution in [1.29, 1.82) is 0 Å². The number of thiazole rings is 1. The fraction of sp³-hybridized carbons (Fsp3) is 0.471. The summed E-state index contributed by atoms with van der Waals surface area (Å²) in [5.41, 5.74) is 5.01.